The van der Waals surface area contributed by atoms with Gasteiger partial charge in [-0.25, -0.2) is 13.1 Å². The molecule has 0 heterocycles. The molecule has 0 saturated carbocycles. The van der Waals surface area contributed by atoms with Crippen molar-refractivity contribution < 1.29 is 8.42 Å². The molecule has 1 atom stereocenters. The molecule has 96 valence electrons. The highest BCUT2D eigenvalue weighted by molar-refractivity contribution is 9.09. The molecule has 6 heteroatoms. The topological polar surface area (TPSA) is 46.2 Å². The van der Waals surface area contributed by atoms with Crippen molar-refractivity contribution >= 4 is 37.6 Å². The first-order chi connectivity index (χ1) is 7.99. The molecule has 0 aliphatic heterocycles. The number of benzene rings is 1. The van der Waals surface area contributed by atoms with E-state index in [0.717, 1.165) is 18.2 Å². The Hall–Kier alpha value is -0.100. The summed E-state index contributed by atoms with van der Waals surface area (Å²) in [6.07, 6.45) is 1.53. The van der Waals surface area contributed by atoms with E-state index in [0.29, 0.717) is 5.02 Å². The second kappa shape index (κ2) is 6.73. The first-order valence-electron chi connectivity index (χ1n) is 5.33. The molecular formula is C11H15BrClNO2S. The normalized spacial score (nSPS) is 13.6. The summed E-state index contributed by atoms with van der Waals surface area (Å²) in [5.41, 5.74) is 0. The van der Waals surface area contributed by atoms with Crippen molar-refractivity contribution in [3.63, 3.8) is 0 Å². The Morgan fingerprint density at radius 1 is 1.35 bits per heavy atom. The van der Waals surface area contributed by atoms with E-state index in [2.05, 4.69) is 20.7 Å². The molecule has 1 unspecified atom stereocenters. The Bertz CT molecular complexity index is 447. The molecule has 0 saturated heterocycles. The zero-order valence-corrected chi connectivity index (χ0v) is 12.6. The average molecular weight is 341 g/mol. The summed E-state index contributed by atoms with van der Waals surface area (Å²) in [6.45, 7) is 1.96. The van der Waals surface area contributed by atoms with E-state index in [-0.39, 0.29) is 10.9 Å². The summed E-state index contributed by atoms with van der Waals surface area (Å²) in [7, 11) is -3.44. The Balaban J connectivity index is 2.84. The predicted molar refractivity (Wildman–Crippen MR) is 74.3 cm³/mol. The molecule has 0 radical (unpaired) electrons. The number of halogens is 2. The Kier molecular flexibility index (Phi) is 5.92. The fourth-order valence-electron chi connectivity index (χ4n) is 1.38. The van der Waals surface area contributed by atoms with Crippen molar-refractivity contribution in [1.29, 1.82) is 0 Å². The lowest BCUT2D eigenvalue weighted by Crippen LogP contribution is -2.34. The molecule has 1 rings (SSSR count). The van der Waals surface area contributed by atoms with Crippen molar-refractivity contribution in [1.82, 2.24) is 4.72 Å². The van der Waals surface area contributed by atoms with E-state index in [1.165, 1.54) is 12.1 Å². The molecule has 0 fully saturated rings. The lowest BCUT2D eigenvalue weighted by atomic mass is 10.2. The van der Waals surface area contributed by atoms with Crippen LogP contribution in [0.1, 0.15) is 19.8 Å². The van der Waals surface area contributed by atoms with Crippen LogP contribution in [0.5, 0.6) is 0 Å². The predicted octanol–water partition coefficient (Wildman–Crippen LogP) is 3.18. The number of sulfonamides is 1. The fourth-order valence-corrected chi connectivity index (χ4v) is 3.41. The van der Waals surface area contributed by atoms with Gasteiger partial charge in [-0.1, -0.05) is 34.5 Å². The summed E-state index contributed by atoms with van der Waals surface area (Å²) in [5.74, 6) is 0. The molecule has 1 aromatic rings. The van der Waals surface area contributed by atoms with E-state index < -0.39 is 10.0 Å². The average Bonchev–Trinajstić information content (AvgIpc) is 2.28. The maximum absolute atomic E-state index is 12.0. The molecule has 0 aromatic heterocycles. The van der Waals surface area contributed by atoms with Crippen LogP contribution in [0.25, 0.3) is 0 Å². The van der Waals surface area contributed by atoms with E-state index in [9.17, 15) is 8.42 Å². The quantitative estimate of drug-likeness (QED) is 0.808. The van der Waals surface area contributed by atoms with Crippen LogP contribution in [0.4, 0.5) is 0 Å². The van der Waals surface area contributed by atoms with E-state index in [1.54, 1.807) is 12.1 Å². The molecule has 3 nitrogen and oxygen atoms in total. The maximum Gasteiger partial charge on any atom is 0.240 e. The smallest absolute Gasteiger partial charge is 0.208 e. The standard InChI is InChI=1S/C11H15BrClNO2S/c1-2-10(7-8-12)14-17(15,16)11-5-3-9(13)4-6-11/h3-6,10,14H,2,7-8H2,1H3. The van der Waals surface area contributed by atoms with Crippen molar-refractivity contribution in [2.24, 2.45) is 0 Å². The van der Waals surface area contributed by atoms with Crippen LogP contribution in [0.15, 0.2) is 29.2 Å². The van der Waals surface area contributed by atoms with Crippen molar-refractivity contribution in [3.8, 4) is 0 Å². The Morgan fingerprint density at radius 3 is 2.41 bits per heavy atom. The van der Waals surface area contributed by atoms with Crippen molar-refractivity contribution in [2.45, 2.75) is 30.7 Å². The maximum atomic E-state index is 12.0. The summed E-state index contributed by atoms with van der Waals surface area (Å²) in [6, 6.07) is 6.11. The largest absolute Gasteiger partial charge is 0.240 e. The molecule has 0 aliphatic carbocycles. The number of hydrogen-bond donors (Lipinski definition) is 1. The van der Waals surface area contributed by atoms with Gasteiger partial charge in [-0.05, 0) is 37.1 Å². The first-order valence-corrected chi connectivity index (χ1v) is 8.31. The monoisotopic (exact) mass is 339 g/mol. The van der Waals surface area contributed by atoms with Crippen LogP contribution >= 0.6 is 27.5 Å². The third kappa shape index (κ3) is 4.58. The van der Waals surface area contributed by atoms with Gasteiger partial charge < -0.3 is 0 Å². The van der Waals surface area contributed by atoms with Crippen molar-refractivity contribution in [2.75, 3.05) is 5.33 Å². The Morgan fingerprint density at radius 2 is 1.94 bits per heavy atom. The zero-order chi connectivity index (χ0) is 12.9. The number of hydrogen-bond acceptors (Lipinski definition) is 2. The molecular weight excluding hydrogens is 326 g/mol. The van der Waals surface area contributed by atoms with Crippen LogP contribution in [-0.4, -0.2) is 19.8 Å². The van der Waals surface area contributed by atoms with Gasteiger partial charge >= 0.3 is 0 Å². The lowest BCUT2D eigenvalue weighted by Gasteiger charge is -2.15. The van der Waals surface area contributed by atoms with Gasteiger partial charge in [0.15, 0.2) is 0 Å². The summed E-state index contributed by atoms with van der Waals surface area (Å²) >= 11 is 9.03. The highest BCUT2D eigenvalue weighted by atomic mass is 79.9. The minimum Gasteiger partial charge on any atom is -0.208 e. The van der Waals surface area contributed by atoms with Gasteiger partial charge in [-0.15, -0.1) is 0 Å². The first kappa shape index (κ1) is 15.0. The van der Waals surface area contributed by atoms with Gasteiger partial charge in [0.05, 0.1) is 4.90 Å². The summed E-state index contributed by atoms with van der Waals surface area (Å²) in [5, 5.41) is 1.30. The minimum absolute atomic E-state index is 0.0462. The van der Waals surface area contributed by atoms with Gasteiger partial charge in [0.2, 0.25) is 10.0 Å². The van der Waals surface area contributed by atoms with Crippen LogP contribution < -0.4 is 4.72 Å². The summed E-state index contributed by atoms with van der Waals surface area (Å²) < 4.78 is 26.7. The Labute approximate surface area is 116 Å². The summed E-state index contributed by atoms with van der Waals surface area (Å²) in [4.78, 5) is 0.245. The number of rotatable bonds is 6. The fraction of sp³-hybridized carbons (Fsp3) is 0.455. The zero-order valence-electron chi connectivity index (χ0n) is 9.49. The number of nitrogens with one attached hydrogen (secondary N) is 1. The molecule has 1 aromatic carbocycles. The van der Waals surface area contributed by atoms with Gasteiger partial charge in [-0.3, -0.25) is 0 Å². The van der Waals surface area contributed by atoms with Crippen LogP contribution in [0, 0.1) is 0 Å². The highest BCUT2D eigenvalue weighted by Gasteiger charge is 2.18. The highest BCUT2D eigenvalue weighted by Crippen LogP contribution is 2.15. The minimum atomic E-state index is -3.44. The molecule has 0 aliphatic rings. The molecule has 0 spiro atoms. The van der Waals surface area contributed by atoms with Crippen molar-refractivity contribution in [3.05, 3.63) is 29.3 Å². The van der Waals surface area contributed by atoms with Crippen LogP contribution in [0.3, 0.4) is 0 Å². The third-order valence-electron chi connectivity index (χ3n) is 2.40. The van der Waals surface area contributed by atoms with Gasteiger partial charge in [0, 0.05) is 16.4 Å². The second-order valence-corrected chi connectivity index (χ2v) is 6.60. The van der Waals surface area contributed by atoms with Gasteiger partial charge in [0.25, 0.3) is 0 Å². The molecule has 0 bridgehead atoms. The molecule has 1 N–H and O–H groups in total. The van der Waals surface area contributed by atoms with Crippen LogP contribution in [-0.2, 0) is 10.0 Å². The van der Waals surface area contributed by atoms with E-state index in [1.807, 2.05) is 6.92 Å². The van der Waals surface area contributed by atoms with E-state index >= 15 is 0 Å². The molecule has 17 heavy (non-hydrogen) atoms. The second-order valence-electron chi connectivity index (χ2n) is 3.66. The SMILES string of the molecule is CCC(CCBr)NS(=O)(=O)c1ccc(Cl)cc1. The van der Waals surface area contributed by atoms with E-state index in [4.69, 9.17) is 11.6 Å². The van der Waals surface area contributed by atoms with Gasteiger partial charge in [0.1, 0.15) is 0 Å². The van der Waals surface area contributed by atoms with Crippen LogP contribution in [0.2, 0.25) is 5.02 Å². The van der Waals surface area contributed by atoms with Gasteiger partial charge in [-0.2, -0.15) is 0 Å². The molecule has 0 amide bonds. The third-order valence-corrected chi connectivity index (χ3v) is 4.64. The number of alkyl halides is 1. The lowest BCUT2D eigenvalue weighted by molar-refractivity contribution is 0.533.